The molecular formula is C14H13NS2. The van der Waals surface area contributed by atoms with E-state index >= 15 is 0 Å². The Bertz CT molecular complexity index is 650. The van der Waals surface area contributed by atoms with Gasteiger partial charge in [0.05, 0.1) is 9.73 Å². The van der Waals surface area contributed by atoms with Gasteiger partial charge in [0, 0.05) is 23.0 Å². The number of thiophene rings is 1. The Morgan fingerprint density at radius 1 is 1.06 bits per heavy atom. The summed E-state index contributed by atoms with van der Waals surface area (Å²) in [5, 5.41) is 3.48. The molecule has 17 heavy (non-hydrogen) atoms. The minimum Gasteiger partial charge on any atom is -0.283 e. The van der Waals surface area contributed by atoms with Crippen molar-refractivity contribution >= 4 is 34.2 Å². The van der Waals surface area contributed by atoms with Gasteiger partial charge in [0.1, 0.15) is 0 Å². The average molecular weight is 259 g/mol. The fourth-order valence-corrected chi connectivity index (χ4v) is 3.88. The number of para-hydroxylation sites is 1. The standard InChI is InChI=1S/C14H13NS2/c1-10-11(2)15(17-14-8-5-9-16-14)13-7-4-3-6-12(10)13/h3-9H,1-2H3. The van der Waals surface area contributed by atoms with Crippen molar-refractivity contribution in [1.82, 2.24) is 3.97 Å². The maximum absolute atomic E-state index is 2.33. The van der Waals surface area contributed by atoms with Gasteiger partial charge in [0.2, 0.25) is 0 Å². The topological polar surface area (TPSA) is 4.93 Å². The lowest BCUT2D eigenvalue weighted by Crippen LogP contribution is -1.88. The zero-order valence-corrected chi connectivity index (χ0v) is 11.4. The van der Waals surface area contributed by atoms with Gasteiger partial charge in [-0.25, -0.2) is 0 Å². The third kappa shape index (κ3) is 1.79. The number of rotatable bonds is 2. The molecule has 0 saturated heterocycles. The molecule has 2 aromatic heterocycles. The van der Waals surface area contributed by atoms with Gasteiger partial charge in [0.15, 0.2) is 0 Å². The summed E-state index contributed by atoms with van der Waals surface area (Å²) >= 11 is 3.59. The summed E-state index contributed by atoms with van der Waals surface area (Å²) in [5.74, 6) is 0. The molecule has 0 amide bonds. The van der Waals surface area contributed by atoms with E-state index in [4.69, 9.17) is 0 Å². The number of fused-ring (bicyclic) bond motifs is 1. The maximum atomic E-state index is 2.33. The molecule has 1 nitrogen and oxygen atoms in total. The number of aromatic nitrogens is 1. The number of hydrogen-bond donors (Lipinski definition) is 0. The lowest BCUT2D eigenvalue weighted by molar-refractivity contribution is 1.18. The van der Waals surface area contributed by atoms with Crippen LogP contribution < -0.4 is 0 Å². The van der Waals surface area contributed by atoms with Gasteiger partial charge < -0.3 is 0 Å². The maximum Gasteiger partial charge on any atom is 0.0813 e. The normalized spacial score (nSPS) is 11.2. The van der Waals surface area contributed by atoms with Crippen LogP contribution in [0.3, 0.4) is 0 Å². The predicted octanol–water partition coefficient (Wildman–Crippen LogP) is 4.88. The van der Waals surface area contributed by atoms with Crippen molar-refractivity contribution in [3.05, 3.63) is 53.0 Å². The fourth-order valence-electron chi connectivity index (χ4n) is 2.02. The Labute approximate surface area is 109 Å². The van der Waals surface area contributed by atoms with E-state index in [1.165, 1.54) is 26.4 Å². The van der Waals surface area contributed by atoms with E-state index in [0.29, 0.717) is 0 Å². The van der Waals surface area contributed by atoms with Gasteiger partial charge in [-0.1, -0.05) is 24.3 Å². The number of hydrogen-bond acceptors (Lipinski definition) is 2. The monoisotopic (exact) mass is 259 g/mol. The summed E-state index contributed by atoms with van der Waals surface area (Å²) in [7, 11) is 0. The van der Waals surface area contributed by atoms with Crippen LogP contribution in [-0.2, 0) is 0 Å². The molecule has 0 saturated carbocycles. The van der Waals surface area contributed by atoms with Crippen LogP contribution in [0, 0.1) is 13.8 Å². The number of aryl methyl sites for hydroxylation is 1. The van der Waals surface area contributed by atoms with Crippen LogP contribution in [0.4, 0.5) is 0 Å². The van der Waals surface area contributed by atoms with E-state index < -0.39 is 0 Å². The second-order valence-electron chi connectivity index (χ2n) is 4.05. The highest BCUT2D eigenvalue weighted by Crippen LogP contribution is 2.34. The van der Waals surface area contributed by atoms with Crippen molar-refractivity contribution in [2.75, 3.05) is 0 Å². The molecule has 0 unspecified atom stereocenters. The molecular weight excluding hydrogens is 246 g/mol. The van der Waals surface area contributed by atoms with Crippen LogP contribution in [0.2, 0.25) is 0 Å². The minimum atomic E-state index is 1.31. The Kier molecular flexibility index (Phi) is 2.73. The first-order valence-electron chi connectivity index (χ1n) is 5.56. The lowest BCUT2D eigenvalue weighted by atomic mass is 10.2. The molecule has 0 fully saturated rings. The Hall–Kier alpha value is -1.19. The Morgan fingerprint density at radius 3 is 2.65 bits per heavy atom. The van der Waals surface area contributed by atoms with Gasteiger partial charge in [-0.3, -0.25) is 3.97 Å². The SMILES string of the molecule is Cc1c(C)n(Sc2cccs2)c2ccccc12. The molecule has 3 rings (SSSR count). The largest absolute Gasteiger partial charge is 0.283 e. The number of nitrogens with zero attached hydrogens (tertiary/aromatic N) is 1. The van der Waals surface area contributed by atoms with Crippen LogP contribution in [0.15, 0.2) is 46.0 Å². The lowest BCUT2D eigenvalue weighted by Gasteiger charge is -2.04. The smallest absolute Gasteiger partial charge is 0.0813 e. The molecule has 0 aliphatic heterocycles. The third-order valence-electron chi connectivity index (χ3n) is 3.05. The molecule has 0 aliphatic rings. The fraction of sp³-hybridized carbons (Fsp3) is 0.143. The molecule has 0 radical (unpaired) electrons. The van der Waals surface area contributed by atoms with Crippen LogP contribution >= 0.6 is 23.3 Å². The van der Waals surface area contributed by atoms with Crippen LogP contribution in [-0.4, -0.2) is 3.97 Å². The van der Waals surface area contributed by atoms with Crippen LogP contribution in [0.1, 0.15) is 11.3 Å². The molecule has 0 bridgehead atoms. The van der Waals surface area contributed by atoms with Crippen molar-refractivity contribution in [2.45, 2.75) is 18.1 Å². The second kappa shape index (κ2) is 4.24. The summed E-state index contributed by atoms with van der Waals surface area (Å²) in [4.78, 5) is 0. The van der Waals surface area contributed by atoms with Crippen molar-refractivity contribution < 1.29 is 0 Å². The zero-order chi connectivity index (χ0) is 11.8. The average Bonchev–Trinajstić information content (AvgIpc) is 2.94. The zero-order valence-electron chi connectivity index (χ0n) is 9.81. The molecule has 0 N–H and O–H groups in total. The summed E-state index contributed by atoms with van der Waals surface area (Å²) in [6.07, 6.45) is 0. The molecule has 0 aliphatic carbocycles. The summed E-state index contributed by atoms with van der Waals surface area (Å²) in [6.45, 7) is 4.39. The number of benzene rings is 1. The molecule has 2 heterocycles. The molecule has 86 valence electrons. The van der Waals surface area contributed by atoms with E-state index in [-0.39, 0.29) is 0 Å². The first-order valence-corrected chi connectivity index (χ1v) is 7.21. The van der Waals surface area contributed by atoms with Gasteiger partial charge in [0.25, 0.3) is 0 Å². The molecule has 3 aromatic rings. The van der Waals surface area contributed by atoms with Gasteiger partial charge in [-0.2, -0.15) is 0 Å². The highest BCUT2D eigenvalue weighted by molar-refractivity contribution is 7.99. The Morgan fingerprint density at radius 2 is 1.88 bits per heavy atom. The van der Waals surface area contributed by atoms with E-state index in [1.807, 2.05) is 0 Å². The summed E-state index contributed by atoms with van der Waals surface area (Å²) < 4.78 is 3.66. The van der Waals surface area contributed by atoms with Gasteiger partial charge in [-0.05, 0) is 36.9 Å². The first kappa shape index (κ1) is 10.9. The quantitative estimate of drug-likeness (QED) is 0.635. The van der Waals surface area contributed by atoms with Crippen LogP contribution in [0.5, 0.6) is 0 Å². The first-order chi connectivity index (χ1) is 8.27. The molecule has 3 heteroatoms. The highest BCUT2D eigenvalue weighted by Gasteiger charge is 2.11. The van der Waals surface area contributed by atoms with E-state index in [0.717, 1.165) is 0 Å². The minimum absolute atomic E-state index is 1.31. The van der Waals surface area contributed by atoms with E-state index in [1.54, 1.807) is 23.3 Å². The van der Waals surface area contributed by atoms with E-state index in [2.05, 4.69) is 59.6 Å². The van der Waals surface area contributed by atoms with Crippen LogP contribution in [0.25, 0.3) is 10.9 Å². The van der Waals surface area contributed by atoms with Crippen molar-refractivity contribution in [3.63, 3.8) is 0 Å². The molecule has 0 atom stereocenters. The van der Waals surface area contributed by atoms with E-state index in [9.17, 15) is 0 Å². The van der Waals surface area contributed by atoms with Crippen molar-refractivity contribution in [2.24, 2.45) is 0 Å². The van der Waals surface area contributed by atoms with Gasteiger partial charge >= 0.3 is 0 Å². The third-order valence-corrected chi connectivity index (χ3v) is 5.19. The van der Waals surface area contributed by atoms with Crippen molar-refractivity contribution in [3.8, 4) is 0 Å². The summed E-state index contributed by atoms with van der Waals surface area (Å²) in [6, 6.07) is 12.9. The highest BCUT2D eigenvalue weighted by atomic mass is 32.2. The second-order valence-corrected chi connectivity index (χ2v) is 6.24. The molecule has 1 aromatic carbocycles. The van der Waals surface area contributed by atoms with Crippen molar-refractivity contribution in [1.29, 1.82) is 0 Å². The summed E-state index contributed by atoms with van der Waals surface area (Å²) in [5.41, 5.74) is 4.02. The molecule has 0 spiro atoms. The van der Waals surface area contributed by atoms with Gasteiger partial charge in [-0.15, -0.1) is 11.3 Å². The Balaban J connectivity index is 2.18. The predicted molar refractivity (Wildman–Crippen MR) is 77.0 cm³/mol.